The van der Waals surface area contributed by atoms with Crippen molar-refractivity contribution in [1.29, 1.82) is 0 Å². The van der Waals surface area contributed by atoms with Gasteiger partial charge in [0.25, 0.3) is 0 Å². The summed E-state index contributed by atoms with van der Waals surface area (Å²) in [5.74, 6) is 0.0569. The van der Waals surface area contributed by atoms with Gasteiger partial charge in [0.2, 0.25) is 0 Å². The van der Waals surface area contributed by atoms with E-state index >= 15 is 0 Å². The third-order valence-electron chi connectivity index (χ3n) is 3.37. The summed E-state index contributed by atoms with van der Waals surface area (Å²) < 4.78 is 26.6. The molecule has 0 aliphatic rings. The van der Waals surface area contributed by atoms with Crippen LogP contribution in [0.1, 0.15) is 33.3 Å². The highest BCUT2D eigenvalue weighted by molar-refractivity contribution is 5.19. The molecule has 0 saturated carbocycles. The summed E-state index contributed by atoms with van der Waals surface area (Å²) in [4.78, 5) is 0. The maximum atomic E-state index is 13.5. The standard InChI is InChI=1S/C15H23F2N/c1-10(2)18-9-12(4)11(3)7-13-8-14(16)5-6-15(13)17/h5-6,8,10-12,18H,7,9H2,1-4H3. The Morgan fingerprint density at radius 1 is 1.06 bits per heavy atom. The molecule has 3 heteroatoms. The van der Waals surface area contributed by atoms with E-state index in [9.17, 15) is 8.78 Å². The van der Waals surface area contributed by atoms with E-state index < -0.39 is 0 Å². The molecule has 0 aromatic heterocycles. The van der Waals surface area contributed by atoms with Gasteiger partial charge < -0.3 is 5.32 Å². The number of hydrogen-bond donors (Lipinski definition) is 1. The maximum absolute atomic E-state index is 13.5. The number of halogens is 2. The Balaban J connectivity index is 2.57. The smallest absolute Gasteiger partial charge is 0.126 e. The monoisotopic (exact) mass is 255 g/mol. The summed E-state index contributed by atoms with van der Waals surface area (Å²) in [6.45, 7) is 9.32. The Kier molecular flexibility index (Phi) is 5.73. The van der Waals surface area contributed by atoms with Gasteiger partial charge in [0.05, 0.1) is 0 Å². The van der Waals surface area contributed by atoms with Crippen molar-refractivity contribution in [1.82, 2.24) is 5.32 Å². The first-order valence-electron chi connectivity index (χ1n) is 6.57. The Labute approximate surface area is 109 Å². The van der Waals surface area contributed by atoms with E-state index in [-0.39, 0.29) is 11.6 Å². The fourth-order valence-corrected chi connectivity index (χ4v) is 1.87. The van der Waals surface area contributed by atoms with E-state index in [1.165, 1.54) is 12.1 Å². The third-order valence-corrected chi connectivity index (χ3v) is 3.37. The van der Waals surface area contributed by atoms with Gasteiger partial charge in [0.1, 0.15) is 11.6 Å². The van der Waals surface area contributed by atoms with Crippen LogP contribution >= 0.6 is 0 Å². The molecule has 1 N–H and O–H groups in total. The van der Waals surface area contributed by atoms with E-state index in [4.69, 9.17) is 0 Å². The van der Waals surface area contributed by atoms with Crippen molar-refractivity contribution in [3.05, 3.63) is 35.4 Å². The Morgan fingerprint density at radius 2 is 1.72 bits per heavy atom. The molecule has 0 saturated heterocycles. The van der Waals surface area contributed by atoms with Crippen LogP contribution in [0.25, 0.3) is 0 Å². The van der Waals surface area contributed by atoms with E-state index in [1.54, 1.807) is 0 Å². The maximum Gasteiger partial charge on any atom is 0.126 e. The molecule has 1 aromatic rings. The molecule has 2 unspecified atom stereocenters. The summed E-state index contributed by atoms with van der Waals surface area (Å²) in [7, 11) is 0. The van der Waals surface area contributed by atoms with E-state index in [1.807, 2.05) is 0 Å². The molecule has 0 amide bonds. The number of benzene rings is 1. The lowest BCUT2D eigenvalue weighted by molar-refractivity contribution is 0.350. The summed E-state index contributed by atoms with van der Waals surface area (Å²) in [5.41, 5.74) is 0.471. The molecule has 0 aliphatic carbocycles. The van der Waals surface area contributed by atoms with Crippen LogP contribution in [0.2, 0.25) is 0 Å². The van der Waals surface area contributed by atoms with Gasteiger partial charge >= 0.3 is 0 Å². The Morgan fingerprint density at radius 3 is 2.33 bits per heavy atom. The van der Waals surface area contributed by atoms with Crippen molar-refractivity contribution in [2.24, 2.45) is 11.8 Å². The average Bonchev–Trinajstić information content (AvgIpc) is 2.30. The van der Waals surface area contributed by atoms with Gasteiger partial charge in [-0.15, -0.1) is 0 Å². The van der Waals surface area contributed by atoms with Crippen molar-refractivity contribution < 1.29 is 8.78 Å². The minimum Gasteiger partial charge on any atom is -0.314 e. The third kappa shape index (κ3) is 4.73. The second-order valence-electron chi connectivity index (χ2n) is 5.46. The van der Waals surface area contributed by atoms with Crippen LogP contribution in [0.3, 0.4) is 0 Å². The molecule has 0 aliphatic heterocycles. The first kappa shape index (κ1) is 15.1. The molecule has 0 heterocycles. The molecule has 1 nitrogen and oxygen atoms in total. The molecule has 2 atom stereocenters. The normalized spacial score (nSPS) is 14.8. The molecular formula is C15H23F2N. The summed E-state index contributed by atoms with van der Waals surface area (Å²) in [6.07, 6.45) is 0.574. The van der Waals surface area contributed by atoms with Crippen LogP contribution in [0, 0.1) is 23.5 Å². The zero-order chi connectivity index (χ0) is 13.7. The van der Waals surface area contributed by atoms with Crippen molar-refractivity contribution in [2.75, 3.05) is 6.54 Å². The lowest BCUT2D eigenvalue weighted by Crippen LogP contribution is -2.31. The molecule has 102 valence electrons. The van der Waals surface area contributed by atoms with Gasteiger partial charge in [-0.3, -0.25) is 0 Å². The lowest BCUT2D eigenvalue weighted by atomic mass is 9.89. The van der Waals surface area contributed by atoms with Crippen molar-refractivity contribution in [2.45, 2.75) is 40.2 Å². The van der Waals surface area contributed by atoms with Crippen LogP contribution in [-0.2, 0) is 6.42 Å². The highest BCUT2D eigenvalue weighted by Gasteiger charge is 2.15. The topological polar surface area (TPSA) is 12.0 Å². The van der Waals surface area contributed by atoms with Crippen LogP contribution in [-0.4, -0.2) is 12.6 Å². The highest BCUT2D eigenvalue weighted by Crippen LogP contribution is 2.19. The van der Waals surface area contributed by atoms with Crippen molar-refractivity contribution in [3.8, 4) is 0 Å². The van der Waals surface area contributed by atoms with E-state index in [0.29, 0.717) is 29.9 Å². The summed E-state index contributed by atoms with van der Waals surface area (Å²) in [6, 6.07) is 4.11. The lowest BCUT2D eigenvalue weighted by Gasteiger charge is -2.22. The number of nitrogens with one attached hydrogen (secondary N) is 1. The molecule has 0 fully saturated rings. The highest BCUT2D eigenvalue weighted by atomic mass is 19.1. The molecule has 0 radical (unpaired) electrons. The predicted molar refractivity (Wildman–Crippen MR) is 71.5 cm³/mol. The molecule has 18 heavy (non-hydrogen) atoms. The molecule has 0 bridgehead atoms. The minimum atomic E-state index is -0.369. The molecule has 1 aromatic carbocycles. The van der Waals surface area contributed by atoms with Crippen LogP contribution in [0.15, 0.2) is 18.2 Å². The van der Waals surface area contributed by atoms with Gasteiger partial charge in [0, 0.05) is 6.04 Å². The second-order valence-corrected chi connectivity index (χ2v) is 5.46. The van der Waals surface area contributed by atoms with Crippen LogP contribution in [0.5, 0.6) is 0 Å². The zero-order valence-corrected chi connectivity index (χ0v) is 11.6. The summed E-state index contributed by atoms with van der Waals surface area (Å²) >= 11 is 0. The minimum absolute atomic E-state index is 0.313. The largest absolute Gasteiger partial charge is 0.314 e. The first-order chi connectivity index (χ1) is 8.40. The molecule has 0 spiro atoms. The quantitative estimate of drug-likeness (QED) is 0.815. The van der Waals surface area contributed by atoms with E-state index in [2.05, 4.69) is 33.0 Å². The van der Waals surface area contributed by atoms with Crippen LogP contribution < -0.4 is 5.32 Å². The second kappa shape index (κ2) is 6.83. The molecular weight excluding hydrogens is 232 g/mol. The van der Waals surface area contributed by atoms with Gasteiger partial charge in [-0.2, -0.15) is 0 Å². The van der Waals surface area contributed by atoms with Gasteiger partial charge in [-0.1, -0.05) is 27.7 Å². The first-order valence-corrected chi connectivity index (χ1v) is 6.57. The fourth-order valence-electron chi connectivity index (χ4n) is 1.87. The van der Waals surface area contributed by atoms with Crippen molar-refractivity contribution >= 4 is 0 Å². The predicted octanol–water partition coefficient (Wildman–Crippen LogP) is 3.78. The fraction of sp³-hybridized carbons (Fsp3) is 0.600. The van der Waals surface area contributed by atoms with Crippen LogP contribution in [0.4, 0.5) is 8.78 Å². The molecule has 1 rings (SSSR count). The Hall–Kier alpha value is -0.960. The SMILES string of the molecule is CC(C)NCC(C)C(C)Cc1cc(F)ccc1F. The van der Waals surface area contributed by atoms with E-state index in [0.717, 1.165) is 12.6 Å². The zero-order valence-electron chi connectivity index (χ0n) is 11.6. The van der Waals surface area contributed by atoms with Gasteiger partial charge in [-0.05, 0) is 48.6 Å². The Bertz CT molecular complexity index is 377. The number of hydrogen-bond acceptors (Lipinski definition) is 1. The number of rotatable bonds is 6. The van der Waals surface area contributed by atoms with Gasteiger partial charge in [-0.25, -0.2) is 8.78 Å². The van der Waals surface area contributed by atoms with Gasteiger partial charge in [0.15, 0.2) is 0 Å². The average molecular weight is 255 g/mol. The van der Waals surface area contributed by atoms with Crippen molar-refractivity contribution in [3.63, 3.8) is 0 Å². The summed E-state index contributed by atoms with van der Waals surface area (Å²) in [5, 5.41) is 3.37.